The van der Waals surface area contributed by atoms with E-state index in [9.17, 15) is 0 Å². The maximum Gasteiger partial charge on any atom is 0.0543 e. The van der Waals surface area contributed by atoms with E-state index in [1.165, 1.54) is 127 Å². The molecule has 9 aromatic rings. The Bertz CT molecular complexity index is 3160. The standard InChI is InChI=1S/C64H57N/c1-63(2,3)50-37-41-52(45-20-8-5-9-21-45)61(43-50)65(60-33-17-15-29-56(60)57-31-19-25-47-24-18-30-53(62(47)57)46-22-10-6-11-23-46)51-38-34-44(35-39-51)48-36-40-55-54-28-14-16-32-58(54)64(4,59(55)42-48)49-26-12-7-13-27-49/h5,7-9,12-21,24-43,46H,6,10-11,22-23H2,1-4H3. The zero-order valence-corrected chi connectivity index (χ0v) is 38.2. The summed E-state index contributed by atoms with van der Waals surface area (Å²) in [5.74, 6) is 0.580. The molecule has 0 aromatic heterocycles. The van der Waals surface area contributed by atoms with Crippen molar-refractivity contribution in [1.29, 1.82) is 0 Å². The van der Waals surface area contributed by atoms with Gasteiger partial charge in [0.15, 0.2) is 0 Å². The third-order valence-corrected chi connectivity index (χ3v) is 14.7. The molecule has 1 atom stereocenters. The second-order valence-electron chi connectivity index (χ2n) is 19.6. The van der Waals surface area contributed by atoms with Crippen molar-refractivity contribution in [1.82, 2.24) is 0 Å². The molecule has 0 aliphatic heterocycles. The van der Waals surface area contributed by atoms with Crippen LogP contribution >= 0.6 is 0 Å². The summed E-state index contributed by atoms with van der Waals surface area (Å²) in [5, 5.41) is 2.72. The zero-order valence-electron chi connectivity index (χ0n) is 38.2. The molecular weight excluding hydrogens is 783 g/mol. The van der Waals surface area contributed by atoms with Gasteiger partial charge < -0.3 is 4.90 Å². The van der Waals surface area contributed by atoms with Gasteiger partial charge in [0.1, 0.15) is 0 Å². The van der Waals surface area contributed by atoms with E-state index < -0.39 is 0 Å². The van der Waals surface area contributed by atoms with Crippen LogP contribution in [0.1, 0.15) is 93.5 Å². The fraction of sp³-hybridized carbons (Fsp3) is 0.188. The summed E-state index contributed by atoms with van der Waals surface area (Å²) >= 11 is 0. The van der Waals surface area contributed by atoms with Crippen LogP contribution in [0.4, 0.5) is 17.1 Å². The Hall–Kier alpha value is -6.96. The molecule has 2 aliphatic carbocycles. The Kier molecular flexibility index (Phi) is 10.4. The van der Waals surface area contributed by atoms with Crippen molar-refractivity contribution < 1.29 is 0 Å². The van der Waals surface area contributed by atoms with E-state index in [1.54, 1.807) is 0 Å². The summed E-state index contributed by atoms with van der Waals surface area (Å²) in [5.41, 5.74) is 20.0. The molecule has 1 nitrogen and oxygen atoms in total. The maximum absolute atomic E-state index is 2.55. The lowest BCUT2D eigenvalue weighted by molar-refractivity contribution is 0.445. The highest BCUT2D eigenvalue weighted by atomic mass is 15.1. The second-order valence-corrected chi connectivity index (χ2v) is 19.6. The van der Waals surface area contributed by atoms with Gasteiger partial charge in [-0.05, 0) is 133 Å². The van der Waals surface area contributed by atoms with E-state index in [-0.39, 0.29) is 10.8 Å². The highest BCUT2D eigenvalue weighted by Crippen LogP contribution is 2.54. The molecule has 0 bridgehead atoms. The molecule has 9 aromatic carbocycles. The molecule has 0 heterocycles. The summed E-state index contributed by atoms with van der Waals surface area (Å²) < 4.78 is 0. The van der Waals surface area contributed by atoms with E-state index in [0.717, 1.165) is 5.69 Å². The number of hydrogen-bond donors (Lipinski definition) is 0. The first-order valence-corrected chi connectivity index (χ1v) is 23.8. The molecule has 0 amide bonds. The van der Waals surface area contributed by atoms with Crippen molar-refractivity contribution >= 4 is 27.8 Å². The van der Waals surface area contributed by atoms with E-state index >= 15 is 0 Å². The normalized spacial score (nSPS) is 16.0. The Morgan fingerprint density at radius 3 is 1.82 bits per heavy atom. The van der Waals surface area contributed by atoms with Gasteiger partial charge in [0.25, 0.3) is 0 Å². The SMILES string of the molecule is CC(C)(C)c1ccc(-c2ccccc2)c(N(c2ccc(-c3ccc4c(c3)C(C)(c3ccccc3)c3ccccc3-4)cc2)c2ccccc2-c2cccc3cccc(C4CCCCC4)c23)c1. The molecule has 2 aliphatic rings. The number of para-hydroxylation sites is 1. The van der Waals surface area contributed by atoms with Gasteiger partial charge in [-0.3, -0.25) is 0 Å². The first-order valence-electron chi connectivity index (χ1n) is 23.8. The molecule has 65 heavy (non-hydrogen) atoms. The van der Waals surface area contributed by atoms with Gasteiger partial charge in [-0.2, -0.15) is 0 Å². The van der Waals surface area contributed by atoms with Crippen LogP contribution in [0.25, 0.3) is 55.3 Å². The highest BCUT2D eigenvalue weighted by Gasteiger charge is 2.40. The van der Waals surface area contributed by atoms with Crippen LogP contribution in [0.5, 0.6) is 0 Å². The molecule has 0 N–H and O–H groups in total. The van der Waals surface area contributed by atoms with Crippen LogP contribution in [-0.4, -0.2) is 0 Å². The molecule has 0 spiro atoms. The van der Waals surface area contributed by atoms with Gasteiger partial charge in [-0.25, -0.2) is 0 Å². The molecule has 1 heteroatoms. The van der Waals surface area contributed by atoms with E-state index in [1.807, 2.05) is 0 Å². The van der Waals surface area contributed by atoms with E-state index in [4.69, 9.17) is 0 Å². The van der Waals surface area contributed by atoms with Gasteiger partial charge >= 0.3 is 0 Å². The quantitative estimate of drug-likeness (QED) is 0.147. The van der Waals surface area contributed by atoms with Crippen molar-refractivity contribution in [2.24, 2.45) is 0 Å². The Labute approximate surface area is 386 Å². The van der Waals surface area contributed by atoms with Crippen molar-refractivity contribution in [2.45, 2.75) is 76.5 Å². The van der Waals surface area contributed by atoms with Gasteiger partial charge in [0.05, 0.1) is 11.4 Å². The second kappa shape index (κ2) is 16.5. The average Bonchev–Trinajstić information content (AvgIpc) is 3.62. The molecule has 0 radical (unpaired) electrons. The predicted molar refractivity (Wildman–Crippen MR) is 277 cm³/mol. The number of hydrogen-bond acceptors (Lipinski definition) is 1. The number of rotatable bonds is 8. The summed E-state index contributed by atoms with van der Waals surface area (Å²) in [6.07, 6.45) is 6.48. The summed E-state index contributed by atoms with van der Waals surface area (Å²) in [4.78, 5) is 2.55. The van der Waals surface area contributed by atoms with Crippen LogP contribution in [-0.2, 0) is 10.8 Å². The van der Waals surface area contributed by atoms with Gasteiger partial charge in [0, 0.05) is 22.2 Å². The molecule has 1 unspecified atom stereocenters. The largest absolute Gasteiger partial charge is 0.309 e. The molecule has 11 rings (SSSR count). The van der Waals surface area contributed by atoms with Crippen LogP contribution in [0, 0.1) is 0 Å². The Balaban J connectivity index is 1.10. The Morgan fingerprint density at radius 2 is 1.06 bits per heavy atom. The highest BCUT2D eigenvalue weighted by molar-refractivity contribution is 6.04. The molecule has 0 saturated heterocycles. The third kappa shape index (κ3) is 7.19. The lowest BCUT2D eigenvalue weighted by Crippen LogP contribution is -2.22. The fourth-order valence-corrected chi connectivity index (χ4v) is 11.3. The molecule has 318 valence electrons. The monoisotopic (exact) mass is 839 g/mol. The minimum absolute atomic E-state index is 0.0506. The van der Waals surface area contributed by atoms with Crippen LogP contribution in [0.15, 0.2) is 206 Å². The number of benzene rings is 9. The average molecular weight is 840 g/mol. The van der Waals surface area contributed by atoms with Crippen molar-refractivity contribution in [3.05, 3.63) is 234 Å². The predicted octanol–water partition coefficient (Wildman–Crippen LogP) is 18.0. The number of nitrogens with zero attached hydrogens (tertiary/aromatic N) is 1. The lowest BCUT2D eigenvalue weighted by atomic mass is 9.74. The van der Waals surface area contributed by atoms with E-state index in [0.29, 0.717) is 5.92 Å². The van der Waals surface area contributed by atoms with Crippen LogP contribution in [0.3, 0.4) is 0 Å². The molecule has 1 fully saturated rings. The summed E-state index contributed by atoms with van der Waals surface area (Å²) in [6.45, 7) is 9.37. The van der Waals surface area contributed by atoms with Crippen molar-refractivity contribution in [3.63, 3.8) is 0 Å². The minimum atomic E-state index is -0.256. The fourth-order valence-electron chi connectivity index (χ4n) is 11.3. The molecule has 1 saturated carbocycles. The summed E-state index contributed by atoms with van der Waals surface area (Å²) in [7, 11) is 0. The lowest BCUT2D eigenvalue weighted by Gasteiger charge is -2.32. The first kappa shape index (κ1) is 40.8. The number of fused-ring (bicyclic) bond motifs is 4. The van der Waals surface area contributed by atoms with Crippen LogP contribution < -0.4 is 4.90 Å². The van der Waals surface area contributed by atoms with Gasteiger partial charge in [-0.1, -0.05) is 216 Å². The first-order chi connectivity index (χ1) is 31.8. The topological polar surface area (TPSA) is 3.24 Å². The third-order valence-electron chi connectivity index (χ3n) is 14.7. The number of anilines is 3. The smallest absolute Gasteiger partial charge is 0.0543 e. The van der Waals surface area contributed by atoms with Gasteiger partial charge in [-0.15, -0.1) is 0 Å². The van der Waals surface area contributed by atoms with Crippen molar-refractivity contribution in [2.75, 3.05) is 4.90 Å². The Morgan fingerprint density at radius 1 is 0.446 bits per heavy atom. The summed E-state index contributed by atoms with van der Waals surface area (Å²) in [6, 6.07) is 77.6. The van der Waals surface area contributed by atoms with E-state index in [2.05, 4.69) is 239 Å². The van der Waals surface area contributed by atoms with Crippen molar-refractivity contribution in [3.8, 4) is 44.5 Å². The molecular formula is C64H57N. The minimum Gasteiger partial charge on any atom is -0.309 e. The van der Waals surface area contributed by atoms with Gasteiger partial charge in [0.2, 0.25) is 0 Å². The zero-order chi connectivity index (χ0) is 44.1. The van der Waals surface area contributed by atoms with Crippen LogP contribution in [0.2, 0.25) is 0 Å². The maximum atomic E-state index is 2.55.